The molecular weight excluding hydrogens is 352 g/mol. The maximum absolute atomic E-state index is 10.7. The fourth-order valence-corrected chi connectivity index (χ4v) is 3.25. The summed E-state index contributed by atoms with van der Waals surface area (Å²) in [5.74, 6) is 0. The third kappa shape index (κ3) is 10.5. The maximum atomic E-state index is 10.7. The molecule has 0 aliphatic carbocycles. The number of hydrogen-bond donors (Lipinski definition) is 0. The zero-order valence-corrected chi connectivity index (χ0v) is 17.0. The molecule has 0 amide bonds. The largest absolute Gasteiger partial charge is 0.741 e. The van der Waals surface area contributed by atoms with Gasteiger partial charge in [-0.1, -0.05) is 0 Å². The number of rotatable bonds is 6. The number of alkyl halides is 3. The third-order valence-electron chi connectivity index (χ3n) is 2.94. The van der Waals surface area contributed by atoms with Crippen LogP contribution in [-0.4, -0.2) is 52.0 Å². The standard InChI is InChI=1S/C12H29N2P.CHF3O3S/c1-9(2)13(10(3)4)15-14(11(5)6)12(7)8;2-1(3,4)8(5,6)7/h9-12,15H,1-8H3;(H,5,6,7). The van der Waals surface area contributed by atoms with Crippen LogP contribution in [-0.2, 0) is 10.1 Å². The zero-order valence-electron chi connectivity index (χ0n) is 15.0. The molecule has 10 heteroatoms. The summed E-state index contributed by atoms with van der Waals surface area (Å²) in [7, 11) is -5.83. The molecule has 0 bridgehead atoms. The molecule has 0 spiro atoms. The quantitative estimate of drug-likeness (QED) is 0.400. The molecule has 0 radical (unpaired) electrons. The van der Waals surface area contributed by atoms with Crippen molar-refractivity contribution in [1.29, 1.82) is 0 Å². The van der Waals surface area contributed by atoms with Crippen LogP contribution in [0, 0.1) is 0 Å². The lowest BCUT2D eigenvalue weighted by Gasteiger charge is -2.32. The van der Waals surface area contributed by atoms with Crippen LogP contribution in [0.2, 0.25) is 0 Å². The zero-order chi connectivity index (χ0) is 19.2. The molecule has 0 aromatic heterocycles. The monoisotopic (exact) mass is 382 g/mol. The average Bonchev–Trinajstić information content (AvgIpc) is 2.24. The van der Waals surface area contributed by atoms with Gasteiger partial charge in [-0.3, -0.25) is 0 Å². The summed E-state index contributed by atoms with van der Waals surface area (Å²) in [5, 5.41) is 0. The molecule has 0 aliphatic heterocycles. The summed E-state index contributed by atoms with van der Waals surface area (Å²) in [4.78, 5) is 0. The Kier molecular flexibility index (Phi) is 11.1. The van der Waals surface area contributed by atoms with E-state index in [9.17, 15) is 13.2 Å². The maximum Gasteiger partial charge on any atom is 0.485 e. The molecule has 0 rings (SSSR count). The van der Waals surface area contributed by atoms with Gasteiger partial charge in [-0.25, -0.2) is 8.42 Å². The van der Waals surface area contributed by atoms with Crippen molar-refractivity contribution in [2.75, 3.05) is 0 Å². The Labute approximate surface area is 140 Å². The minimum absolute atomic E-state index is 0.259. The van der Waals surface area contributed by atoms with Gasteiger partial charge in [-0.15, -0.1) is 0 Å². The van der Waals surface area contributed by atoms with E-state index >= 15 is 0 Å². The first-order chi connectivity index (χ1) is 10.0. The topological polar surface area (TPSA) is 63.7 Å². The fraction of sp³-hybridized carbons (Fsp3) is 1.00. The van der Waals surface area contributed by atoms with E-state index in [1.54, 1.807) is 0 Å². The van der Waals surface area contributed by atoms with E-state index in [2.05, 4.69) is 64.7 Å². The molecule has 0 atom stereocenters. The van der Waals surface area contributed by atoms with Crippen molar-refractivity contribution in [3.8, 4) is 0 Å². The summed E-state index contributed by atoms with van der Waals surface area (Å²) < 4.78 is 64.2. The summed E-state index contributed by atoms with van der Waals surface area (Å²) in [5.41, 5.74) is -5.65. The van der Waals surface area contributed by atoms with Crippen molar-refractivity contribution in [3.05, 3.63) is 0 Å². The van der Waals surface area contributed by atoms with E-state index in [-0.39, 0.29) is 8.88 Å². The van der Waals surface area contributed by atoms with Gasteiger partial charge in [-0.2, -0.15) is 22.5 Å². The van der Waals surface area contributed by atoms with E-state index in [0.717, 1.165) is 0 Å². The van der Waals surface area contributed by atoms with E-state index in [1.807, 2.05) is 0 Å². The van der Waals surface area contributed by atoms with E-state index in [0.29, 0.717) is 24.2 Å². The molecule has 0 aromatic rings. The molecule has 23 heavy (non-hydrogen) atoms. The molecular formula is C13H30F3N2O3PS. The number of halogens is 3. The smallest absolute Gasteiger partial charge is 0.485 e. The van der Waals surface area contributed by atoms with Crippen LogP contribution < -0.4 is 0 Å². The Hall–Kier alpha value is 0.0500. The summed E-state index contributed by atoms with van der Waals surface area (Å²) in [6.07, 6.45) is 0. The molecule has 0 saturated heterocycles. The van der Waals surface area contributed by atoms with Crippen LogP contribution in [0.5, 0.6) is 0 Å². The molecule has 0 aliphatic rings. The van der Waals surface area contributed by atoms with Crippen LogP contribution >= 0.6 is 8.88 Å². The van der Waals surface area contributed by atoms with Crippen molar-refractivity contribution < 1.29 is 26.1 Å². The fourth-order valence-electron chi connectivity index (χ4n) is 1.88. The van der Waals surface area contributed by atoms with Crippen LogP contribution in [0.1, 0.15) is 55.4 Å². The SMILES string of the molecule is CC(C)N([PH2+]N(C(C)C)C(C)C)C(C)C.O=S(=O)([O-])C(F)(F)F. The Morgan fingerprint density at radius 1 is 0.783 bits per heavy atom. The first-order valence-electron chi connectivity index (χ1n) is 7.44. The first kappa shape index (κ1) is 25.3. The van der Waals surface area contributed by atoms with Gasteiger partial charge in [0.1, 0.15) is 8.88 Å². The molecule has 5 nitrogen and oxygen atoms in total. The van der Waals surface area contributed by atoms with Gasteiger partial charge in [-0.05, 0) is 55.4 Å². The highest BCUT2D eigenvalue weighted by Gasteiger charge is 2.36. The van der Waals surface area contributed by atoms with Crippen molar-refractivity contribution in [1.82, 2.24) is 9.34 Å². The van der Waals surface area contributed by atoms with Crippen molar-refractivity contribution in [2.24, 2.45) is 0 Å². The summed E-state index contributed by atoms with van der Waals surface area (Å²) >= 11 is 0. The molecule has 0 N–H and O–H groups in total. The highest BCUT2D eigenvalue weighted by molar-refractivity contribution is 7.86. The molecule has 0 saturated carbocycles. The average molecular weight is 382 g/mol. The summed E-state index contributed by atoms with van der Waals surface area (Å²) in [6.45, 7) is 18.4. The molecule has 142 valence electrons. The highest BCUT2D eigenvalue weighted by Crippen LogP contribution is 2.32. The van der Waals surface area contributed by atoms with Gasteiger partial charge in [0.25, 0.3) is 0 Å². The highest BCUT2D eigenvalue weighted by atomic mass is 32.2. The van der Waals surface area contributed by atoms with Crippen molar-refractivity contribution >= 4 is 19.0 Å². The minimum atomic E-state index is -6.09. The predicted molar refractivity (Wildman–Crippen MR) is 89.7 cm³/mol. The molecule has 0 unspecified atom stereocenters. The number of hydrogen-bond acceptors (Lipinski definition) is 5. The van der Waals surface area contributed by atoms with Crippen LogP contribution in [0.15, 0.2) is 0 Å². The lowest BCUT2D eigenvalue weighted by Crippen LogP contribution is -2.38. The lowest BCUT2D eigenvalue weighted by atomic mass is 10.3. The van der Waals surface area contributed by atoms with Crippen LogP contribution in [0.3, 0.4) is 0 Å². The molecule has 0 aromatic carbocycles. The van der Waals surface area contributed by atoms with Crippen LogP contribution in [0.25, 0.3) is 0 Å². The van der Waals surface area contributed by atoms with E-state index < -0.39 is 15.6 Å². The van der Waals surface area contributed by atoms with Crippen LogP contribution in [0.4, 0.5) is 13.2 Å². The normalized spacial score (nSPS) is 13.5. The second kappa shape index (κ2) is 10.1. The van der Waals surface area contributed by atoms with Gasteiger partial charge in [0.05, 0.1) is 0 Å². The van der Waals surface area contributed by atoms with Gasteiger partial charge in [0, 0.05) is 24.2 Å². The second-order valence-electron chi connectivity index (χ2n) is 6.28. The number of nitrogens with zero attached hydrogens (tertiary/aromatic N) is 2. The third-order valence-corrected chi connectivity index (χ3v) is 6.42. The molecule has 0 heterocycles. The summed E-state index contributed by atoms with van der Waals surface area (Å²) in [6, 6.07) is 2.61. The Balaban J connectivity index is 0. The van der Waals surface area contributed by atoms with E-state index in [1.165, 1.54) is 0 Å². The Bertz CT molecular complexity index is 393. The van der Waals surface area contributed by atoms with Crippen molar-refractivity contribution in [3.63, 3.8) is 0 Å². The minimum Gasteiger partial charge on any atom is -0.741 e. The predicted octanol–water partition coefficient (Wildman–Crippen LogP) is 3.52. The van der Waals surface area contributed by atoms with Gasteiger partial charge >= 0.3 is 5.51 Å². The lowest BCUT2D eigenvalue weighted by molar-refractivity contribution is -0.0517. The Morgan fingerprint density at radius 2 is 0.957 bits per heavy atom. The van der Waals surface area contributed by atoms with Crippen molar-refractivity contribution in [2.45, 2.75) is 85.1 Å². The van der Waals surface area contributed by atoms with Gasteiger partial charge < -0.3 is 4.55 Å². The first-order valence-corrected chi connectivity index (χ1v) is 9.88. The second-order valence-corrected chi connectivity index (χ2v) is 9.08. The van der Waals surface area contributed by atoms with Gasteiger partial charge in [0.2, 0.25) is 0 Å². The van der Waals surface area contributed by atoms with E-state index in [4.69, 9.17) is 13.0 Å². The molecule has 0 fully saturated rings. The van der Waals surface area contributed by atoms with Gasteiger partial charge in [0.15, 0.2) is 10.1 Å². The Morgan fingerprint density at radius 3 is 1.04 bits per heavy atom.